The van der Waals surface area contributed by atoms with Gasteiger partial charge in [-0.15, -0.1) is 11.3 Å². The summed E-state index contributed by atoms with van der Waals surface area (Å²) in [7, 11) is 0. The second-order valence-electron chi connectivity index (χ2n) is 5.80. The number of benzene rings is 2. The zero-order chi connectivity index (χ0) is 17.9. The van der Waals surface area contributed by atoms with Crippen LogP contribution in [0.5, 0.6) is 0 Å². The lowest BCUT2D eigenvalue weighted by molar-refractivity contribution is 0.102. The Morgan fingerprint density at radius 1 is 1.04 bits per heavy atom. The molecule has 0 aliphatic carbocycles. The number of carbonyl (C=O) groups excluding carboxylic acids is 1. The summed E-state index contributed by atoms with van der Waals surface area (Å²) < 4.78 is 0. The van der Waals surface area contributed by atoms with Crippen molar-refractivity contribution in [1.29, 1.82) is 0 Å². The Morgan fingerprint density at radius 3 is 2.73 bits per heavy atom. The Kier molecular flexibility index (Phi) is 4.25. The maximum absolute atomic E-state index is 12.7. The van der Waals surface area contributed by atoms with Gasteiger partial charge in [-0.3, -0.25) is 9.89 Å². The first-order valence-electron chi connectivity index (χ1n) is 8.05. The molecular weight excluding hydrogens is 344 g/mol. The van der Waals surface area contributed by atoms with E-state index in [0.717, 1.165) is 21.6 Å². The fraction of sp³-hybridized carbons (Fsp3) is 0. The Balaban J connectivity index is 1.61. The van der Waals surface area contributed by atoms with Gasteiger partial charge in [0.15, 0.2) is 0 Å². The smallest absolute Gasteiger partial charge is 0.255 e. The summed E-state index contributed by atoms with van der Waals surface area (Å²) in [5.74, 6) is -0.203. The van der Waals surface area contributed by atoms with Gasteiger partial charge in [0, 0.05) is 22.2 Å². The van der Waals surface area contributed by atoms with Crippen molar-refractivity contribution in [2.75, 3.05) is 11.1 Å². The van der Waals surface area contributed by atoms with Gasteiger partial charge in [-0.1, -0.05) is 24.3 Å². The Hall–Kier alpha value is -3.38. The van der Waals surface area contributed by atoms with Crippen molar-refractivity contribution >= 4 is 28.6 Å². The number of nitrogens with two attached hydrogens (primary N) is 1. The quantitative estimate of drug-likeness (QED) is 0.464. The van der Waals surface area contributed by atoms with Crippen LogP contribution in [0.25, 0.3) is 21.6 Å². The normalized spacial score (nSPS) is 10.6. The van der Waals surface area contributed by atoms with Crippen LogP contribution in [0.1, 0.15) is 10.4 Å². The summed E-state index contributed by atoms with van der Waals surface area (Å²) in [6.07, 6.45) is 3.51. The highest BCUT2D eigenvalue weighted by atomic mass is 32.1. The van der Waals surface area contributed by atoms with Crippen molar-refractivity contribution < 1.29 is 4.79 Å². The molecule has 4 N–H and O–H groups in total. The Labute approximate surface area is 154 Å². The third kappa shape index (κ3) is 3.22. The molecule has 0 radical (unpaired) electrons. The highest BCUT2D eigenvalue weighted by Gasteiger charge is 2.11. The lowest BCUT2D eigenvalue weighted by atomic mass is 10.1. The van der Waals surface area contributed by atoms with Crippen LogP contribution in [-0.2, 0) is 0 Å². The van der Waals surface area contributed by atoms with Crippen LogP contribution in [0.4, 0.5) is 11.4 Å². The summed E-state index contributed by atoms with van der Waals surface area (Å²) in [5, 5.41) is 11.7. The molecule has 0 aliphatic rings. The van der Waals surface area contributed by atoms with Crippen molar-refractivity contribution in [3.63, 3.8) is 0 Å². The second kappa shape index (κ2) is 6.85. The summed E-state index contributed by atoms with van der Waals surface area (Å²) in [4.78, 5) is 13.8. The maximum atomic E-state index is 12.7. The van der Waals surface area contributed by atoms with E-state index in [1.807, 2.05) is 53.9 Å². The zero-order valence-corrected chi connectivity index (χ0v) is 14.6. The van der Waals surface area contributed by atoms with Crippen LogP contribution in [0.2, 0.25) is 0 Å². The molecule has 5 nitrogen and oxygen atoms in total. The van der Waals surface area contributed by atoms with Crippen LogP contribution < -0.4 is 11.1 Å². The molecule has 0 fully saturated rings. The number of hydrogen-bond acceptors (Lipinski definition) is 4. The number of nitrogen functional groups attached to an aromatic ring is 1. The highest BCUT2D eigenvalue weighted by molar-refractivity contribution is 7.13. The third-order valence-corrected chi connectivity index (χ3v) is 4.98. The van der Waals surface area contributed by atoms with Gasteiger partial charge < -0.3 is 11.1 Å². The predicted molar refractivity (Wildman–Crippen MR) is 106 cm³/mol. The molecule has 128 valence electrons. The minimum absolute atomic E-state index is 0.203. The number of aromatic amines is 1. The molecule has 0 aliphatic heterocycles. The van der Waals surface area contributed by atoms with Gasteiger partial charge in [0.25, 0.3) is 5.91 Å². The summed E-state index contributed by atoms with van der Waals surface area (Å²) in [6, 6.07) is 17.1. The van der Waals surface area contributed by atoms with E-state index in [-0.39, 0.29) is 5.91 Å². The minimum atomic E-state index is -0.203. The van der Waals surface area contributed by atoms with Gasteiger partial charge in [0.2, 0.25) is 0 Å². The molecule has 4 aromatic rings. The van der Waals surface area contributed by atoms with E-state index in [0.29, 0.717) is 16.9 Å². The first-order valence-corrected chi connectivity index (χ1v) is 8.92. The van der Waals surface area contributed by atoms with E-state index in [4.69, 9.17) is 5.73 Å². The number of aromatic nitrogens is 2. The molecule has 6 heteroatoms. The lowest BCUT2D eigenvalue weighted by Crippen LogP contribution is -2.13. The van der Waals surface area contributed by atoms with Gasteiger partial charge in [-0.25, -0.2) is 0 Å². The molecule has 1 amide bonds. The van der Waals surface area contributed by atoms with Gasteiger partial charge in [-0.2, -0.15) is 5.10 Å². The number of H-pyrrole nitrogens is 1. The lowest BCUT2D eigenvalue weighted by Gasteiger charge is -2.10. The molecule has 26 heavy (non-hydrogen) atoms. The maximum Gasteiger partial charge on any atom is 0.255 e. The Morgan fingerprint density at radius 2 is 1.96 bits per heavy atom. The number of nitrogens with zero attached hydrogens (tertiary/aromatic N) is 1. The summed E-state index contributed by atoms with van der Waals surface area (Å²) >= 11 is 1.64. The van der Waals surface area contributed by atoms with Crippen LogP contribution >= 0.6 is 11.3 Å². The first kappa shape index (κ1) is 16.1. The van der Waals surface area contributed by atoms with Crippen LogP contribution in [-0.4, -0.2) is 16.1 Å². The third-order valence-electron chi connectivity index (χ3n) is 4.06. The summed E-state index contributed by atoms with van der Waals surface area (Å²) in [6.45, 7) is 0. The van der Waals surface area contributed by atoms with Crippen LogP contribution in [0.15, 0.2) is 72.4 Å². The van der Waals surface area contributed by atoms with E-state index >= 15 is 0 Å². The van der Waals surface area contributed by atoms with Crippen molar-refractivity contribution in [2.24, 2.45) is 0 Å². The molecule has 0 spiro atoms. The van der Waals surface area contributed by atoms with Crippen molar-refractivity contribution in [1.82, 2.24) is 10.2 Å². The summed E-state index contributed by atoms with van der Waals surface area (Å²) in [5.41, 5.74) is 10.6. The molecule has 2 aromatic heterocycles. The fourth-order valence-electron chi connectivity index (χ4n) is 2.70. The Bertz CT molecular complexity index is 1040. The predicted octanol–water partition coefficient (Wildman–Crippen LogP) is 4.64. The van der Waals surface area contributed by atoms with E-state index in [1.54, 1.807) is 29.8 Å². The van der Waals surface area contributed by atoms with E-state index in [9.17, 15) is 4.79 Å². The largest absolute Gasteiger partial charge is 0.397 e. The fourth-order valence-corrected chi connectivity index (χ4v) is 3.43. The second-order valence-corrected chi connectivity index (χ2v) is 6.75. The molecular formula is C20H16N4OS. The number of anilines is 2. The molecule has 0 atom stereocenters. The number of amides is 1. The molecule has 2 heterocycles. The van der Waals surface area contributed by atoms with E-state index < -0.39 is 0 Å². The van der Waals surface area contributed by atoms with Gasteiger partial charge in [0.05, 0.1) is 17.6 Å². The molecule has 0 bridgehead atoms. The molecule has 0 saturated carbocycles. The number of nitrogens with one attached hydrogen (secondary N) is 2. The number of hydrogen-bond donors (Lipinski definition) is 3. The van der Waals surface area contributed by atoms with E-state index in [2.05, 4.69) is 15.5 Å². The van der Waals surface area contributed by atoms with Crippen LogP contribution in [0.3, 0.4) is 0 Å². The molecule has 0 saturated heterocycles. The average Bonchev–Trinajstić information content (AvgIpc) is 3.37. The monoisotopic (exact) mass is 360 g/mol. The standard InChI is InChI=1S/C20H16N4OS/c21-17-7-6-14(19-5-2-8-26-19)10-18(17)24-20(25)15-4-1-3-13(9-15)16-11-22-23-12-16/h1-12H,21H2,(H,22,23)(H,24,25). The number of rotatable bonds is 4. The average molecular weight is 360 g/mol. The first-order chi connectivity index (χ1) is 12.7. The number of carbonyl (C=O) groups is 1. The van der Waals surface area contributed by atoms with Crippen LogP contribution in [0, 0.1) is 0 Å². The molecule has 2 aromatic carbocycles. The van der Waals surface area contributed by atoms with E-state index in [1.165, 1.54) is 0 Å². The number of thiophene rings is 1. The van der Waals surface area contributed by atoms with Crippen molar-refractivity contribution in [3.05, 3.63) is 77.9 Å². The zero-order valence-electron chi connectivity index (χ0n) is 13.8. The SMILES string of the molecule is Nc1ccc(-c2cccs2)cc1NC(=O)c1cccc(-c2cn[nH]c2)c1. The van der Waals surface area contributed by atoms with Crippen molar-refractivity contribution in [3.8, 4) is 21.6 Å². The van der Waals surface area contributed by atoms with Gasteiger partial charge >= 0.3 is 0 Å². The molecule has 0 unspecified atom stereocenters. The molecule has 4 rings (SSSR count). The van der Waals surface area contributed by atoms with Gasteiger partial charge in [0.1, 0.15) is 0 Å². The minimum Gasteiger partial charge on any atom is -0.397 e. The highest BCUT2D eigenvalue weighted by Crippen LogP contribution is 2.30. The van der Waals surface area contributed by atoms with Crippen molar-refractivity contribution in [2.45, 2.75) is 0 Å². The topological polar surface area (TPSA) is 83.8 Å². The van der Waals surface area contributed by atoms with Gasteiger partial charge in [-0.05, 0) is 46.8 Å².